The molecule has 103 heavy (non-hydrogen) atoms. The number of carbonyl (C=O) groups excluding carboxylic acids is 4. The Morgan fingerprint density at radius 3 is 0.660 bits per heavy atom. The number of rotatable bonds is 83. The molecule has 0 heterocycles. The SMILES string of the molecule is CCCCCCCCCCCCCCCCCCCCCCCCC(=O)O[C@H](COC(=O)CCCCCCCCCCCCCCCCCCC(C)C)COP(=O)(O)OC[C@@H](O)COP(=O)(O)OC[C@@H](COC(=O)CCCCCCCCCC)OC(=O)CCCCCCCCCCCCCC(C)C. The quantitative estimate of drug-likeness (QED) is 0.0222. The highest BCUT2D eigenvalue weighted by Crippen LogP contribution is 2.45. The number of aliphatic hydroxyl groups is 1. The van der Waals surface area contributed by atoms with Gasteiger partial charge >= 0.3 is 39.5 Å². The maximum atomic E-state index is 13.1. The zero-order valence-electron chi connectivity index (χ0n) is 67.6. The number of phosphoric acid groups is 2. The van der Waals surface area contributed by atoms with E-state index in [1.807, 2.05) is 0 Å². The van der Waals surface area contributed by atoms with Gasteiger partial charge in [0.25, 0.3) is 0 Å². The first-order chi connectivity index (χ1) is 49.9. The minimum absolute atomic E-state index is 0.107. The van der Waals surface area contributed by atoms with Crippen LogP contribution < -0.4 is 0 Å². The predicted octanol–water partition coefficient (Wildman–Crippen LogP) is 25.5. The lowest BCUT2D eigenvalue weighted by Crippen LogP contribution is -2.30. The van der Waals surface area contributed by atoms with Crippen LogP contribution in [-0.4, -0.2) is 96.7 Å². The molecule has 2 unspecified atom stereocenters. The minimum Gasteiger partial charge on any atom is -0.462 e. The van der Waals surface area contributed by atoms with Crippen molar-refractivity contribution in [3.8, 4) is 0 Å². The van der Waals surface area contributed by atoms with Gasteiger partial charge in [-0.3, -0.25) is 37.3 Å². The van der Waals surface area contributed by atoms with Crippen LogP contribution in [-0.2, 0) is 65.4 Å². The van der Waals surface area contributed by atoms with Crippen LogP contribution in [0.1, 0.15) is 446 Å². The standard InChI is InChI=1S/C84H164O17P2/c1-7-9-11-13-15-17-18-19-20-21-22-23-24-25-26-31-34-39-44-50-56-62-68-83(88)101-80(73-95-82(87)67-61-55-49-43-38-33-30-28-27-29-32-36-41-46-52-58-64-76(3)4)75-99-103(92,93)97-71-78(85)70-96-102(90,91)98-74-79(72-94-81(86)66-60-54-48-16-14-12-10-8-2)100-84(89)69-63-57-51-45-40-35-37-42-47-53-59-65-77(5)6/h76-80,85H,7-75H2,1-6H3,(H,90,91)(H,92,93)/t78-,79+,80+/m0/s1. The van der Waals surface area contributed by atoms with Gasteiger partial charge in [0.05, 0.1) is 26.4 Å². The number of aliphatic hydroxyl groups excluding tert-OH is 1. The fourth-order valence-corrected chi connectivity index (χ4v) is 14.6. The number of unbranched alkanes of at least 4 members (excludes halogenated alkanes) is 53. The zero-order chi connectivity index (χ0) is 75.6. The summed E-state index contributed by atoms with van der Waals surface area (Å²) >= 11 is 0. The van der Waals surface area contributed by atoms with Crippen molar-refractivity contribution in [3.05, 3.63) is 0 Å². The van der Waals surface area contributed by atoms with Crippen LogP contribution in [0.5, 0.6) is 0 Å². The molecule has 0 radical (unpaired) electrons. The number of hydrogen-bond donors (Lipinski definition) is 3. The van der Waals surface area contributed by atoms with E-state index in [4.69, 9.17) is 37.0 Å². The summed E-state index contributed by atoms with van der Waals surface area (Å²) in [5.41, 5.74) is 0. The number of ether oxygens (including phenoxy) is 4. The van der Waals surface area contributed by atoms with Gasteiger partial charge < -0.3 is 33.8 Å². The van der Waals surface area contributed by atoms with Crippen LogP contribution in [0.25, 0.3) is 0 Å². The molecule has 0 aliphatic rings. The van der Waals surface area contributed by atoms with E-state index in [9.17, 15) is 43.2 Å². The largest absolute Gasteiger partial charge is 0.472 e. The van der Waals surface area contributed by atoms with Gasteiger partial charge in [0.1, 0.15) is 19.3 Å². The summed E-state index contributed by atoms with van der Waals surface area (Å²) in [6.07, 6.45) is 66.9. The average molecular weight is 1510 g/mol. The van der Waals surface area contributed by atoms with Crippen molar-refractivity contribution in [1.82, 2.24) is 0 Å². The van der Waals surface area contributed by atoms with E-state index in [0.717, 1.165) is 108 Å². The molecular formula is C84H164O17P2. The minimum atomic E-state index is -4.96. The smallest absolute Gasteiger partial charge is 0.462 e. The molecule has 0 rings (SSSR count). The first-order valence-corrected chi connectivity index (χ1v) is 46.5. The fourth-order valence-electron chi connectivity index (χ4n) is 13.1. The van der Waals surface area contributed by atoms with Crippen LogP contribution in [0.15, 0.2) is 0 Å². The number of esters is 4. The summed E-state index contributed by atoms with van der Waals surface area (Å²) in [7, 11) is -9.92. The highest BCUT2D eigenvalue weighted by Gasteiger charge is 2.30. The highest BCUT2D eigenvalue weighted by atomic mass is 31.2. The summed E-state index contributed by atoms with van der Waals surface area (Å²) in [6.45, 7) is 9.65. The van der Waals surface area contributed by atoms with Crippen molar-refractivity contribution < 1.29 is 80.2 Å². The zero-order valence-corrected chi connectivity index (χ0v) is 69.4. The predicted molar refractivity (Wildman–Crippen MR) is 423 cm³/mol. The van der Waals surface area contributed by atoms with Crippen LogP contribution >= 0.6 is 15.6 Å². The van der Waals surface area contributed by atoms with Gasteiger partial charge in [-0.05, 0) is 37.5 Å². The fraction of sp³-hybridized carbons (Fsp3) is 0.952. The van der Waals surface area contributed by atoms with Gasteiger partial charge in [-0.15, -0.1) is 0 Å². The van der Waals surface area contributed by atoms with Crippen molar-refractivity contribution in [2.45, 2.75) is 464 Å². The van der Waals surface area contributed by atoms with E-state index in [0.29, 0.717) is 25.7 Å². The van der Waals surface area contributed by atoms with E-state index in [2.05, 4.69) is 41.5 Å². The first-order valence-electron chi connectivity index (χ1n) is 43.5. The topological polar surface area (TPSA) is 237 Å². The molecule has 0 spiro atoms. The van der Waals surface area contributed by atoms with E-state index < -0.39 is 97.5 Å². The molecule has 5 atom stereocenters. The van der Waals surface area contributed by atoms with Gasteiger partial charge in [0.2, 0.25) is 0 Å². The maximum Gasteiger partial charge on any atom is 0.472 e. The number of carbonyl (C=O) groups is 4. The summed E-state index contributed by atoms with van der Waals surface area (Å²) in [4.78, 5) is 73.0. The third-order valence-corrected chi connectivity index (χ3v) is 21.6. The van der Waals surface area contributed by atoms with E-state index in [1.54, 1.807) is 0 Å². The lowest BCUT2D eigenvalue weighted by Gasteiger charge is -2.21. The van der Waals surface area contributed by atoms with Crippen LogP contribution in [0, 0.1) is 11.8 Å². The van der Waals surface area contributed by atoms with Gasteiger partial charge in [-0.25, -0.2) is 9.13 Å². The number of hydrogen-bond acceptors (Lipinski definition) is 15. The molecule has 0 amide bonds. The second-order valence-corrected chi connectivity index (χ2v) is 34.1. The van der Waals surface area contributed by atoms with Gasteiger partial charge in [0.15, 0.2) is 12.2 Å². The number of phosphoric ester groups is 2. The van der Waals surface area contributed by atoms with E-state index in [1.165, 1.54) is 257 Å². The summed E-state index contributed by atoms with van der Waals surface area (Å²) in [5.74, 6) is -0.531. The Kier molecular flexibility index (Phi) is 74.1. The third-order valence-electron chi connectivity index (χ3n) is 19.7. The van der Waals surface area contributed by atoms with Crippen molar-refractivity contribution in [3.63, 3.8) is 0 Å². The maximum absolute atomic E-state index is 13.1. The Balaban J connectivity index is 5.18. The Morgan fingerprint density at radius 1 is 0.262 bits per heavy atom. The third kappa shape index (κ3) is 78.0. The molecule has 0 aliphatic carbocycles. The molecule has 0 saturated heterocycles. The summed E-state index contributed by atoms with van der Waals surface area (Å²) in [5, 5.41) is 10.6. The normalized spacial score (nSPS) is 13.9. The summed E-state index contributed by atoms with van der Waals surface area (Å²) in [6, 6.07) is 0. The van der Waals surface area contributed by atoms with Crippen molar-refractivity contribution in [2.75, 3.05) is 39.6 Å². The van der Waals surface area contributed by atoms with E-state index >= 15 is 0 Å². The van der Waals surface area contributed by atoms with Crippen molar-refractivity contribution in [1.29, 1.82) is 0 Å². The molecule has 0 aromatic carbocycles. The molecule has 3 N–H and O–H groups in total. The van der Waals surface area contributed by atoms with E-state index in [-0.39, 0.29) is 25.7 Å². The van der Waals surface area contributed by atoms with Crippen molar-refractivity contribution >= 4 is 39.5 Å². The molecular weight excluding hydrogens is 1340 g/mol. The van der Waals surface area contributed by atoms with Gasteiger partial charge in [-0.1, -0.05) is 395 Å². The molecule has 612 valence electrons. The lowest BCUT2D eigenvalue weighted by atomic mass is 10.0. The van der Waals surface area contributed by atoms with Gasteiger partial charge in [-0.2, -0.15) is 0 Å². The average Bonchev–Trinajstić information content (AvgIpc) is 0.914. The van der Waals surface area contributed by atoms with Crippen LogP contribution in [0.4, 0.5) is 0 Å². The second-order valence-electron chi connectivity index (χ2n) is 31.2. The summed E-state index contributed by atoms with van der Waals surface area (Å²) < 4.78 is 68.7. The first kappa shape index (κ1) is 101. The molecule has 0 fully saturated rings. The van der Waals surface area contributed by atoms with Crippen molar-refractivity contribution in [2.24, 2.45) is 11.8 Å². The molecule has 17 nitrogen and oxygen atoms in total. The molecule has 0 bridgehead atoms. The Hall–Kier alpha value is -1.94. The molecule has 19 heteroatoms. The molecule has 0 aliphatic heterocycles. The van der Waals surface area contributed by atoms with Crippen LogP contribution in [0.2, 0.25) is 0 Å². The Labute approximate surface area is 632 Å². The lowest BCUT2D eigenvalue weighted by molar-refractivity contribution is -0.161. The Bertz CT molecular complexity index is 1980. The molecule has 0 saturated carbocycles. The Morgan fingerprint density at radius 2 is 0.447 bits per heavy atom. The molecule has 0 aromatic rings. The van der Waals surface area contributed by atoms with Gasteiger partial charge in [0, 0.05) is 25.7 Å². The monoisotopic (exact) mass is 1510 g/mol. The highest BCUT2D eigenvalue weighted by molar-refractivity contribution is 7.47. The second kappa shape index (κ2) is 75.5. The molecule has 0 aromatic heterocycles. The van der Waals surface area contributed by atoms with Crippen LogP contribution in [0.3, 0.4) is 0 Å².